The summed E-state index contributed by atoms with van der Waals surface area (Å²) in [6, 6.07) is 12.7. The summed E-state index contributed by atoms with van der Waals surface area (Å²) in [6.07, 6.45) is -3.08. The first-order valence-corrected chi connectivity index (χ1v) is 14.3. The van der Waals surface area contributed by atoms with Crippen LogP contribution in [0.2, 0.25) is 5.02 Å². The van der Waals surface area contributed by atoms with Crippen LogP contribution in [0.4, 0.5) is 41.3 Å². The van der Waals surface area contributed by atoms with E-state index in [1.165, 1.54) is 12.3 Å². The number of rotatable bonds is 8. The normalized spacial score (nSPS) is 14.5. The predicted molar refractivity (Wildman–Crippen MR) is 159 cm³/mol. The van der Waals surface area contributed by atoms with Crippen molar-refractivity contribution >= 4 is 57.0 Å². The highest BCUT2D eigenvalue weighted by atomic mass is 35.5. The summed E-state index contributed by atoms with van der Waals surface area (Å²) in [5, 5.41) is 9.56. The maximum absolute atomic E-state index is 14.0. The summed E-state index contributed by atoms with van der Waals surface area (Å²) in [5.41, 5.74) is 0.287. The van der Waals surface area contributed by atoms with Crippen molar-refractivity contribution < 1.29 is 18.0 Å². The molecule has 1 fully saturated rings. The van der Waals surface area contributed by atoms with Crippen molar-refractivity contribution in [3.8, 4) is 0 Å². The van der Waals surface area contributed by atoms with E-state index in [1.807, 2.05) is 11.9 Å². The van der Waals surface area contributed by atoms with Crippen LogP contribution in [-0.4, -0.2) is 63.9 Å². The lowest BCUT2D eigenvalue weighted by Crippen LogP contribution is -2.44. The number of benzene rings is 2. The average molecular weight is 617 g/mol. The van der Waals surface area contributed by atoms with Gasteiger partial charge in [-0.2, -0.15) is 13.2 Å². The Hall–Kier alpha value is -3.78. The molecule has 1 amide bonds. The Morgan fingerprint density at radius 2 is 1.74 bits per heavy atom. The summed E-state index contributed by atoms with van der Waals surface area (Å²) >= 11 is 7.23. The number of hydrogen-bond acceptors (Lipinski definition) is 9. The molecule has 1 aliphatic heterocycles. The van der Waals surface area contributed by atoms with Gasteiger partial charge in [0.05, 0.1) is 22.5 Å². The summed E-state index contributed by atoms with van der Waals surface area (Å²) in [5.74, 6) is 0.684. The van der Waals surface area contributed by atoms with Crippen molar-refractivity contribution in [2.24, 2.45) is 0 Å². The van der Waals surface area contributed by atoms with E-state index in [0.717, 1.165) is 43.6 Å². The SMILES string of the molecule is Cc1nc(Nc2ccc(CN3CCN(C)CC3)c(C(F)(F)F)c2)cc(Nc2ncc(C(=O)Nc3ccccc3Cl)s2)n1. The molecular weight excluding hydrogens is 589 g/mol. The molecule has 0 atom stereocenters. The van der Waals surface area contributed by atoms with E-state index in [-0.39, 0.29) is 23.7 Å². The number of hydrogen-bond donors (Lipinski definition) is 3. The third kappa shape index (κ3) is 7.53. The first-order valence-electron chi connectivity index (χ1n) is 13.1. The Labute approximate surface area is 249 Å². The minimum absolute atomic E-state index is 0.232. The molecule has 0 spiro atoms. The smallest absolute Gasteiger partial charge is 0.340 e. The van der Waals surface area contributed by atoms with Crippen LogP contribution in [0.1, 0.15) is 26.6 Å². The number of halogens is 4. The highest BCUT2D eigenvalue weighted by molar-refractivity contribution is 7.17. The van der Waals surface area contributed by atoms with E-state index in [0.29, 0.717) is 38.2 Å². The van der Waals surface area contributed by atoms with Crippen LogP contribution in [0.3, 0.4) is 0 Å². The number of piperazine rings is 1. The highest BCUT2D eigenvalue weighted by Crippen LogP contribution is 2.35. The third-order valence-corrected chi connectivity index (χ3v) is 7.84. The average Bonchev–Trinajstić information content (AvgIpc) is 3.40. The number of amides is 1. The minimum atomic E-state index is -4.51. The van der Waals surface area contributed by atoms with E-state index in [1.54, 1.807) is 43.3 Å². The molecular formula is C28H28ClF3N8OS. The Morgan fingerprint density at radius 3 is 2.45 bits per heavy atom. The van der Waals surface area contributed by atoms with Crippen molar-refractivity contribution in [1.82, 2.24) is 24.8 Å². The quantitative estimate of drug-likeness (QED) is 0.209. The molecule has 0 bridgehead atoms. The highest BCUT2D eigenvalue weighted by Gasteiger charge is 2.34. The number of thiazole rings is 1. The van der Waals surface area contributed by atoms with Crippen LogP contribution in [0.15, 0.2) is 54.7 Å². The van der Waals surface area contributed by atoms with Gasteiger partial charge in [-0.15, -0.1) is 0 Å². The van der Waals surface area contributed by atoms with Gasteiger partial charge < -0.3 is 20.9 Å². The fourth-order valence-corrected chi connectivity index (χ4v) is 5.34. The zero-order valence-corrected chi connectivity index (χ0v) is 24.4. The molecule has 2 aromatic carbocycles. The number of aryl methyl sites for hydroxylation is 1. The van der Waals surface area contributed by atoms with Gasteiger partial charge in [0, 0.05) is 44.5 Å². The summed E-state index contributed by atoms with van der Waals surface area (Å²) in [6.45, 7) is 4.98. The van der Waals surface area contributed by atoms with Crippen molar-refractivity contribution in [2.45, 2.75) is 19.6 Å². The van der Waals surface area contributed by atoms with Crippen LogP contribution in [0.5, 0.6) is 0 Å². The zero-order chi connectivity index (χ0) is 29.9. The maximum atomic E-state index is 14.0. The number of likely N-dealkylation sites (N-methyl/N-ethyl adjacent to an activating group) is 1. The van der Waals surface area contributed by atoms with Crippen LogP contribution < -0.4 is 16.0 Å². The monoisotopic (exact) mass is 616 g/mol. The molecule has 0 unspecified atom stereocenters. The Morgan fingerprint density at radius 1 is 1.02 bits per heavy atom. The van der Waals surface area contributed by atoms with Gasteiger partial charge in [-0.1, -0.05) is 41.1 Å². The van der Waals surface area contributed by atoms with Gasteiger partial charge in [0.15, 0.2) is 5.13 Å². The fraction of sp³-hybridized carbons (Fsp3) is 0.286. The Kier molecular flexibility index (Phi) is 8.92. The molecule has 2 aromatic heterocycles. The van der Waals surface area contributed by atoms with Crippen LogP contribution in [-0.2, 0) is 12.7 Å². The van der Waals surface area contributed by atoms with Gasteiger partial charge in [0.2, 0.25) is 0 Å². The maximum Gasteiger partial charge on any atom is 0.416 e. The number of anilines is 5. The van der Waals surface area contributed by atoms with Gasteiger partial charge in [-0.05, 0) is 43.8 Å². The minimum Gasteiger partial charge on any atom is -0.340 e. The van der Waals surface area contributed by atoms with E-state index >= 15 is 0 Å². The van der Waals surface area contributed by atoms with E-state index < -0.39 is 11.7 Å². The number of carbonyl (C=O) groups excluding carboxylic acids is 1. The molecule has 9 nitrogen and oxygen atoms in total. The molecule has 3 heterocycles. The van der Waals surface area contributed by atoms with Gasteiger partial charge >= 0.3 is 6.18 Å². The molecule has 0 aliphatic carbocycles. The number of para-hydroxylation sites is 1. The lowest BCUT2D eigenvalue weighted by Gasteiger charge is -2.33. The van der Waals surface area contributed by atoms with Crippen LogP contribution in [0, 0.1) is 6.92 Å². The van der Waals surface area contributed by atoms with Gasteiger partial charge in [-0.25, -0.2) is 15.0 Å². The first-order chi connectivity index (χ1) is 20.0. The second kappa shape index (κ2) is 12.6. The Balaban J connectivity index is 1.29. The first kappa shape index (κ1) is 29.7. The van der Waals surface area contributed by atoms with Crippen molar-refractivity contribution in [3.63, 3.8) is 0 Å². The summed E-state index contributed by atoms with van der Waals surface area (Å²) in [7, 11) is 2.01. The molecule has 0 radical (unpaired) electrons. The third-order valence-electron chi connectivity index (χ3n) is 6.60. The van der Waals surface area contributed by atoms with Crippen molar-refractivity contribution in [2.75, 3.05) is 49.2 Å². The molecule has 0 saturated carbocycles. The molecule has 1 aliphatic rings. The second-order valence-corrected chi connectivity index (χ2v) is 11.3. The van der Waals surface area contributed by atoms with E-state index in [4.69, 9.17) is 11.6 Å². The standard InChI is InChI=1S/C28H28ClF3N8OS/c1-17-34-24(36-19-8-7-18(20(13-19)28(30,31)32)16-40-11-9-39(2)10-12-40)14-25(35-17)38-27-33-15-23(42-27)26(41)37-22-6-4-3-5-21(22)29/h3-8,13-15H,9-12,16H2,1-2H3,(H,37,41)(H2,33,34,35,36,38). The number of nitrogens with one attached hydrogen (secondary N) is 3. The van der Waals surface area contributed by atoms with E-state index in [2.05, 4.69) is 35.8 Å². The Bertz CT molecular complexity index is 1570. The summed E-state index contributed by atoms with van der Waals surface area (Å²) < 4.78 is 42.1. The van der Waals surface area contributed by atoms with E-state index in [9.17, 15) is 18.0 Å². The lowest BCUT2D eigenvalue weighted by molar-refractivity contribution is -0.138. The molecule has 5 rings (SSSR count). The molecule has 14 heteroatoms. The molecule has 4 aromatic rings. The predicted octanol–water partition coefficient (Wildman–Crippen LogP) is 6.40. The van der Waals surface area contributed by atoms with Crippen molar-refractivity contribution in [1.29, 1.82) is 0 Å². The van der Waals surface area contributed by atoms with Gasteiger partial charge in [-0.3, -0.25) is 9.69 Å². The molecule has 3 N–H and O–H groups in total. The van der Waals surface area contributed by atoms with Crippen molar-refractivity contribution in [3.05, 3.63) is 81.6 Å². The second-order valence-electron chi connectivity index (χ2n) is 9.85. The number of aromatic nitrogens is 3. The molecule has 42 heavy (non-hydrogen) atoms. The largest absolute Gasteiger partial charge is 0.416 e. The molecule has 220 valence electrons. The van der Waals surface area contributed by atoms with Gasteiger partial charge in [0.1, 0.15) is 22.3 Å². The number of alkyl halides is 3. The lowest BCUT2D eigenvalue weighted by atomic mass is 10.0. The fourth-order valence-electron chi connectivity index (χ4n) is 4.44. The molecule has 1 saturated heterocycles. The zero-order valence-electron chi connectivity index (χ0n) is 22.8. The summed E-state index contributed by atoms with van der Waals surface area (Å²) in [4.78, 5) is 30.1. The van der Waals surface area contributed by atoms with Gasteiger partial charge in [0.25, 0.3) is 5.91 Å². The number of carbonyl (C=O) groups is 1. The number of nitrogens with zero attached hydrogens (tertiary/aromatic N) is 5. The topological polar surface area (TPSA) is 98.3 Å². The van der Waals surface area contributed by atoms with Crippen LogP contribution >= 0.6 is 22.9 Å². The van der Waals surface area contributed by atoms with Crippen LogP contribution in [0.25, 0.3) is 0 Å².